The fourth-order valence-electron chi connectivity index (χ4n) is 2.41. The molecule has 0 aliphatic carbocycles. The second kappa shape index (κ2) is 6.75. The average Bonchev–Trinajstić information content (AvgIpc) is 2.98. The van der Waals surface area contributed by atoms with Crippen LogP contribution in [0.2, 0.25) is 0 Å². The largest absolute Gasteiger partial charge is 0.481 e. The van der Waals surface area contributed by atoms with Gasteiger partial charge in [-0.2, -0.15) is 5.26 Å². The Morgan fingerprint density at radius 3 is 2.67 bits per heavy atom. The molecule has 1 aromatic rings. The number of para-hydroxylation sites is 1. The summed E-state index contributed by atoms with van der Waals surface area (Å²) in [6.45, 7) is 0.962. The second-order valence-corrected chi connectivity index (χ2v) is 4.95. The summed E-state index contributed by atoms with van der Waals surface area (Å²) in [7, 11) is 0. The summed E-state index contributed by atoms with van der Waals surface area (Å²) in [6, 6.07) is 10.9. The van der Waals surface area contributed by atoms with Gasteiger partial charge in [-0.3, -0.25) is 9.69 Å². The highest BCUT2D eigenvalue weighted by molar-refractivity contribution is 5.92. The third kappa shape index (κ3) is 3.51. The topological polar surface area (TPSA) is 84.6 Å². The first-order valence-corrected chi connectivity index (χ1v) is 6.84. The number of amides is 2. The van der Waals surface area contributed by atoms with Gasteiger partial charge < -0.3 is 10.0 Å². The van der Waals surface area contributed by atoms with Gasteiger partial charge in [0.2, 0.25) is 0 Å². The van der Waals surface area contributed by atoms with Crippen LogP contribution in [0.15, 0.2) is 30.3 Å². The number of likely N-dealkylation sites (tertiary alicyclic amines) is 1. The zero-order valence-electron chi connectivity index (χ0n) is 11.6. The molecular formula is C15H17N3O3. The molecule has 1 N–H and O–H groups in total. The molecule has 1 aliphatic rings. The quantitative estimate of drug-likeness (QED) is 0.917. The van der Waals surface area contributed by atoms with Crippen molar-refractivity contribution in [1.29, 1.82) is 5.26 Å². The zero-order chi connectivity index (χ0) is 15.2. The van der Waals surface area contributed by atoms with Crippen LogP contribution >= 0.6 is 0 Å². The Balaban J connectivity index is 2.12. The monoisotopic (exact) mass is 287 g/mol. The number of benzene rings is 1. The summed E-state index contributed by atoms with van der Waals surface area (Å²) in [5.74, 6) is -1.36. The molecule has 1 heterocycles. The zero-order valence-corrected chi connectivity index (χ0v) is 11.6. The van der Waals surface area contributed by atoms with E-state index >= 15 is 0 Å². The van der Waals surface area contributed by atoms with E-state index in [1.807, 2.05) is 24.3 Å². The Hall–Kier alpha value is -2.55. The minimum atomic E-state index is -0.867. The van der Waals surface area contributed by atoms with Gasteiger partial charge in [0.05, 0.1) is 18.4 Å². The molecule has 0 aromatic heterocycles. The maximum absolute atomic E-state index is 12.6. The summed E-state index contributed by atoms with van der Waals surface area (Å²) in [5, 5.41) is 17.8. The smallest absolute Gasteiger partial charge is 0.324 e. The summed E-state index contributed by atoms with van der Waals surface area (Å²) >= 11 is 0. The molecule has 1 unspecified atom stereocenters. The van der Waals surface area contributed by atoms with Crippen LogP contribution in [0, 0.1) is 17.2 Å². The van der Waals surface area contributed by atoms with E-state index < -0.39 is 11.9 Å². The molecule has 1 aliphatic heterocycles. The standard InChI is InChI=1S/C15H17N3O3/c16-8-4-9-18(13-5-2-1-3-6-13)15(21)17-10-7-12(11-17)14(19)20/h1-3,5-6,12H,4,7,9-11H2,(H,19,20). The maximum Gasteiger partial charge on any atom is 0.324 e. The number of aliphatic carboxylic acids is 1. The van der Waals surface area contributed by atoms with Crippen molar-refractivity contribution >= 4 is 17.7 Å². The van der Waals surface area contributed by atoms with Crippen LogP contribution < -0.4 is 4.90 Å². The average molecular weight is 287 g/mol. The number of rotatable bonds is 4. The Morgan fingerprint density at radius 1 is 1.38 bits per heavy atom. The van der Waals surface area contributed by atoms with Crippen molar-refractivity contribution in [3.63, 3.8) is 0 Å². The van der Waals surface area contributed by atoms with E-state index in [-0.39, 0.29) is 19.0 Å². The summed E-state index contributed by atoms with van der Waals surface area (Å²) < 4.78 is 0. The van der Waals surface area contributed by atoms with E-state index in [4.69, 9.17) is 10.4 Å². The molecule has 1 aromatic carbocycles. The van der Waals surface area contributed by atoms with E-state index in [0.717, 1.165) is 5.69 Å². The van der Waals surface area contributed by atoms with Crippen LogP contribution in [0.5, 0.6) is 0 Å². The van der Waals surface area contributed by atoms with E-state index in [1.54, 1.807) is 17.0 Å². The minimum Gasteiger partial charge on any atom is -0.481 e. The molecule has 110 valence electrons. The van der Waals surface area contributed by atoms with Crippen LogP contribution in [-0.2, 0) is 4.79 Å². The second-order valence-electron chi connectivity index (χ2n) is 4.95. The molecule has 21 heavy (non-hydrogen) atoms. The Kier molecular flexibility index (Phi) is 4.77. The number of nitrogens with zero attached hydrogens (tertiary/aromatic N) is 3. The molecule has 1 atom stereocenters. The number of carbonyl (C=O) groups is 2. The lowest BCUT2D eigenvalue weighted by Crippen LogP contribution is -2.43. The molecule has 6 heteroatoms. The first kappa shape index (κ1) is 14.9. The number of urea groups is 1. The maximum atomic E-state index is 12.6. The van der Waals surface area contributed by atoms with Crippen molar-refractivity contribution in [2.75, 3.05) is 24.5 Å². The molecule has 1 fully saturated rings. The van der Waals surface area contributed by atoms with Gasteiger partial charge in [-0.25, -0.2) is 4.79 Å². The van der Waals surface area contributed by atoms with E-state index in [0.29, 0.717) is 19.5 Å². The van der Waals surface area contributed by atoms with E-state index in [2.05, 4.69) is 0 Å². The van der Waals surface area contributed by atoms with Gasteiger partial charge in [0.1, 0.15) is 0 Å². The van der Waals surface area contributed by atoms with Gasteiger partial charge in [-0.1, -0.05) is 18.2 Å². The van der Waals surface area contributed by atoms with Gasteiger partial charge in [0, 0.05) is 25.3 Å². The summed E-state index contributed by atoms with van der Waals surface area (Å²) in [5.41, 5.74) is 0.719. The van der Waals surface area contributed by atoms with Crippen LogP contribution in [0.3, 0.4) is 0 Å². The van der Waals surface area contributed by atoms with E-state index in [1.165, 1.54) is 4.90 Å². The predicted molar refractivity (Wildman–Crippen MR) is 76.7 cm³/mol. The Bertz CT molecular complexity index is 553. The molecule has 0 radical (unpaired) electrons. The van der Waals surface area contributed by atoms with Gasteiger partial charge in [-0.05, 0) is 18.6 Å². The lowest BCUT2D eigenvalue weighted by molar-refractivity contribution is -0.141. The molecule has 0 bridgehead atoms. The number of nitriles is 1. The fraction of sp³-hybridized carbons (Fsp3) is 0.400. The molecule has 2 amide bonds. The van der Waals surface area contributed by atoms with Crippen LogP contribution in [0.25, 0.3) is 0 Å². The molecule has 2 rings (SSSR count). The van der Waals surface area contributed by atoms with Crippen LogP contribution in [-0.4, -0.2) is 41.6 Å². The lowest BCUT2D eigenvalue weighted by atomic mass is 10.1. The molecule has 1 saturated heterocycles. The summed E-state index contributed by atoms with van der Waals surface area (Å²) in [4.78, 5) is 26.6. The number of carboxylic acids is 1. The highest BCUT2D eigenvalue weighted by atomic mass is 16.4. The Labute approximate surface area is 123 Å². The highest BCUT2D eigenvalue weighted by Gasteiger charge is 2.33. The van der Waals surface area contributed by atoms with E-state index in [9.17, 15) is 9.59 Å². The molecule has 0 saturated carbocycles. The number of hydrogen-bond acceptors (Lipinski definition) is 3. The Morgan fingerprint density at radius 2 is 2.10 bits per heavy atom. The van der Waals surface area contributed by atoms with Crippen molar-refractivity contribution in [3.05, 3.63) is 30.3 Å². The number of anilines is 1. The van der Waals surface area contributed by atoms with Gasteiger partial charge in [-0.15, -0.1) is 0 Å². The van der Waals surface area contributed by atoms with Gasteiger partial charge >= 0.3 is 12.0 Å². The van der Waals surface area contributed by atoms with Crippen LogP contribution in [0.4, 0.5) is 10.5 Å². The first-order chi connectivity index (χ1) is 10.1. The third-order valence-corrected chi connectivity index (χ3v) is 3.55. The molecule has 0 spiro atoms. The summed E-state index contributed by atoms with van der Waals surface area (Å²) in [6.07, 6.45) is 0.707. The number of hydrogen-bond donors (Lipinski definition) is 1. The third-order valence-electron chi connectivity index (χ3n) is 3.55. The van der Waals surface area contributed by atoms with Crippen molar-refractivity contribution in [3.8, 4) is 6.07 Å². The van der Waals surface area contributed by atoms with Crippen molar-refractivity contribution in [2.45, 2.75) is 12.8 Å². The van der Waals surface area contributed by atoms with Gasteiger partial charge in [0.15, 0.2) is 0 Å². The minimum absolute atomic E-state index is 0.226. The number of carboxylic acid groups (broad SMARTS) is 1. The molecular weight excluding hydrogens is 270 g/mol. The number of carbonyl (C=O) groups excluding carboxylic acids is 1. The van der Waals surface area contributed by atoms with Gasteiger partial charge in [0.25, 0.3) is 0 Å². The van der Waals surface area contributed by atoms with Crippen molar-refractivity contribution in [2.24, 2.45) is 5.92 Å². The fourth-order valence-corrected chi connectivity index (χ4v) is 2.41. The van der Waals surface area contributed by atoms with Crippen molar-refractivity contribution < 1.29 is 14.7 Å². The molecule has 6 nitrogen and oxygen atoms in total. The highest BCUT2D eigenvalue weighted by Crippen LogP contribution is 2.21. The van der Waals surface area contributed by atoms with Crippen LogP contribution in [0.1, 0.15) is 12.8 Å². The first-order valence-electron chi connectivity index (χ1n) is 6.84. The predicted octanol–water partition coefficient (Wildman–Crippen LogP) is 1.93. The lowest BCUT2D eigenvalue weighted by Gasteiger charge is -2.27. The SMILES string of the molecule is N#CCCN(C(=O)N1CCC(C(=O)O)C1)c1ccccc1. The normalized spacial score (nSPS) is 17.3. The van der Waals surface area contributed by atoms with Crippen molar-refractivity contribution in [1.82, 2.24) is 4.90 Å².